The average molecular weight is 233 g/mol. The maximum absolute atomic E-state index is 13.1. The van der Waals surface area contributed by atoms with Crippen molar-refractivity contribution in [3.8, 4) is 0 Å². The van der Waals surface area contributed by atoms with Crippen LogP contribution in [0.5, 0.6) is 0 Å². The molecule has 86 valence electrons. The zero-order chi connectivity index (χ0) is 12.3. The molecule has 1 atom stereocenters. The largest absolute Gasteiger partial charge is 0.302 e. The lowest BCUT2D eigenvalue weighted by Gasteiger charge is -2.07. The van der Waals surface area contributed by atoms with Crippen LogP contribution in [0.3, 0.4) is 0 Å². The highest BCUT2D eigenvalue weighted by molar-refractivity contribution is 5.62. The number of nitrogens with zero attached hydrogens (tertiary/aromatic N) is 1. The highest BCUT2D eigenvalue weighted by Gasteiger charge is 2.22. The number of hydrogen-bond donors (Lipinski definition) is 0. The molecule has 1 aromatic carbocycles. The second-order valence-corrected chi connectivity index (χ2v) is 3.05. The first-order chi connectivity index (χ1) is 7.45. The van der Waals surface area contributed by atoms with E-state index in [9.17, 15) is 28.1 Å². The van der Waals surface area contributed by atoms with Gasteiger partial charge in [-0.2, -0.15) is 0 Å². The van der Waals surface area contributed by atoms with E-state index < -0.39 is 40.4 Å². The van der Waals surface area contributed by atoms with E-state index >= 15 is 0 Å². The van der Waals surface area contributed by atoms with Crippen molar-refractivity contribution in [3.05, 3.63) is 45.3 Å². The highest BCUT2D eigenvalue weighted by atomic mass is 19.2. The molecular formula is C9H6F3NO3. The Labute approximate surface area is 87.8 Å². The third-order valence-electron chi connectivity index (χ3n) is 1.95. The van der Waals surface area contributed by atoms with Crippen LogP contribution in [0.15, 0.2) is 12.1 Å². The molecule has 16 heavy (non-hydrogen) atoms. The molecule has 4 nitrogen and oxygen atoms in total. The normalized spacial score (nSPS) is 12.2. The van der Waals surface area contributed by atoms with Crippen LogP contribution >= 0.6 is 0 Å². The molecule has 1 rings (SSSR count). The maximum Gasteiger partial charge on any atom is 0.217 e. The monoisotopic (exact) mass is 233 g/mol. The van der Waals surface area contributed by atoms with Gasteiger partial charge in [-0.3, -0.25) is 10.1 Å². The standard InChI is InChI=1S/C9H6F3NO3/c10-7-2-9(12)8(11)1-6(7)5(4-14)3-13(15)16/h1-2,4-5H,3H2. The van der Waals surface area contributed by atoms with Crippen LogP contribution in [0.4, 0.5) is 13.2 Å². The summed E-state index contributed by atoms with van der Waals surface area (Å²) in [6.45, 7) is -0.870. The highest BCUT2D eigenvalue weighted by Crippen LogP contribution is 2.21. The molecule has 0 heterocycles. The van der Waals surface area contributed by atoms with Crippen molar-refractivity contribution in [1.82, 2.24) is 0 Å². The number of rotatable bonds is 4. The van der Waals surface area contributed by atoms with Gasteiger partial charge in [0.15, 0.2) is 11.6 Å². The van der Waals surface area contributed by atoms with E-state index in [1.807, 2.05) is 0 Å². The van der Waals surface area contributed by atoms with Gasteiger partial charge in [-0.25, -0.2) is 13.2 Å². The van der Waals surface area contributed by atoms with Gasteiger partial charge in [0.25, 0.3) is 0 Å². The van der Waals surface area contributed by atoms with Gasteiger partial charge in [0, 0.05) is 16.6 Å². The number of carbonyl (C=O) groups excluding carboxylic acids is 1. The van der Waals surface area contributed by atoms with Crippen LogP contribution in [-0.2, 0) is 4.79 Å². The second kappa shape index (κ2) is 4.73. The number of nitro groups is 1. The van der Waals surface area contributed by atoms with Crippen LogP contribution in [0.25, 0.3) is 0 Å². The number of halogens is 3. The van der Waals surface area contributed by atoms with Gasteiger partial charge in [0.05, 0.1) is 0 Å². The SMILES string of the molecule is O=CC(C[N+](=O)[O-])c1cc(F)c(F)cc1F. The van der Waals surface area contributed by atoms with Crippen molar-refractivity contribution < 1.29 is 22.9 Å². The Morgan fingerprint density at radius 2 is 1.81 bits per heavy atom. The summed E-state index contributed by atoms with van der Waals surface area (Å²) in [7, 11) is 0. The predicted octanol–water partition coefficient (Wildman–Crippen LogP) is 1.66. The van der Waals surface area contributed by atoms with Gasteiger partial charge >= 0.3 is 0 Å². The zero-order valence-corrected chi connectivity index (χ0v) is 7.82. The van der Waals surface area contributed by atoms with Gasteiger partial charge in [-0.15, -0.1) is 0 Å². The van der Waals surface area contributed by atoms with E-state index in [1.165, 1.54) is 0 Å². The molecule has 1 unspecified atom stereocenters. The van der Waals surface area contributed by atoms with Crippen LogP contribution in [0.1, 0.15) is 11.5 Å². The minimum Gasteiger partial charge on any atom is -0.302 e. The van der Waals surface area contributed by atoms with Gasteiger partial charge < -0.3 is 4.79 Å². The minimum absolute atomic E-state index is 0.124. The van der Waals surface area contributed by atoms with Crippen molar-refractivity contribution >= 4 is 6.29 Å². The van der Waals surface area contributed by atoms with E-state index in [0.717, 1.165) is 0 Å². The van der Waals surface area contributed by atoms with Crippen molar-refractivity contribution in [2.45, 2.75) is 5.92 Å². The number of benzene rings is 1. The summed E-state index contributed by atoms with van der Waals surface area (Å²) >= 11 is 0. The van der Waals surface area contributed by atoms with Gasteiger partial charge in [0.2, 0.25) is 6.54 Å². The van der Waals surface area contributed by atoms with Crippen molar-refractivity contribution in [3.63, 3.8) is 0 Å². The van der Waals surface area contributed by atoms with E-state index in [0.29, 0.717) is 6.07 Å². The Balaban J connectivity index is 3.14. The summed E-state index contributed by atoms with van der Waals surface area (Å²) < 4.78 is 38.4. The fraction of sp³-hybridized carbons (Fsp3) is 0.222. The van der Waals surface area contributed by atoms with E-state index in [-0.39, 0.29) is 12.4 Å². The molecule has 0 N–H and O–H groups in total. The smallest absolute Gasteiger partial charge is 0.217 e. The zero-order valence-electron chi connectivity index (χ0n) is 7.82. The van der Waals surface area contributed by atoms with Crippen molar-refractivity contribution in [1.29, 1.82) is 0 Å². The molecule has 0 fully saturated rings. The molecule has 1 aromatic rings. The summed E-state index contributed by atoms with van der Waals surface area (Å²) in [6.07, 6.45) is 0.124. The van der Waals surface area contributed by atoms with Crippen molar-refractivity contribution in [2.75, 3.05) is 6.54 Å². The molecule has 0 bridgehead atoms. The van der Waals surface area contributed by atoms with Gasteiger partial charge in [-0.1, -0.05) is 0 Å². The number of carbonyl (C=O) groups is 1. The Bertz CT molecular complexity index is 436. The molecule has 0 aliphatic heterocycles. The fourth-order valence-electron chi connectivity index (χ4n) is 1.20. The molecule has 0 aromatic heterocycles. The van der Waals surface area contributed by atoms with Crippen LogP contribution in [-0.4, -0.2) is 17.8 Å². The topological polar surface area (TPSA) is 60.2 Å². The average Bonchev–Trinajstić information content (AvgIpc) is 2.20. The lowest BCUT2D eigenvalue weighted by Crippen LogP contribution is -2.15. The molecule has 0 spiro atoms. The van der Waals surface area contributed by atoms with E-state index in [4.69, 9.17) is 0 Å². The maximum atomic E-state index is 13.1. The van der Waals surface area contributed by atoms with Crippen LogP contribution in [0.2, 0.25) is 0 Å². The lowest BCUT2D eigenvalue weighted by molar-refractivity contribution is -0.481. The van der Waals surface area contributed by atoms with E-state index in [2.05, 4.69) is 0 Å². The van der Waals surface area contributed by atoms with E-state index in [1.54, 1.807) is 0 Å². The fourth-order valence-corrected chi connectivity index (χ4v) is 1.20. The first-order valence-electron chi connectivity index (χ1n) is 4.17. The summed E-state index contributed by atoms with van der Waals surface area (Å²) in [5.41, 5.74) is -0.523. The molecule has 7 heteroatoms. The summed E-state index contributed by atoms with van der Waals surface area (Å²) in [5.74, 6) is -5.37. The summed E-state index contributed by atoms with van der Waals surface area (Å²) in [6, 6.07) is 0.703. The van der Waals surface area contributed by atoms with Crippen LogP contribution < -0.4 is 0 Å². The Morgan fingerprint density at radius 3 is 2.31 bits per heavy atom. The summed E-state index contributed by atoms with van der Waals surface area (Å²) in [5, 5.41) is 10.2. The molecule has 0 saturated carbocycles. The molecule has 0 saturated heterocycles. The third-order valence-corrected chi connectivity index (χ3v) is 1.95. The third kappa shape index (κ3) is 2.56. The number of hydrogen-bond acceptors (Lipinski definition) is 3. The number of aldehydes is 1. The Morgan fingerprint density at radius 1 is 1.25 bits per heavy atom. The molecule has 0 radical (unpaired) electrons. The van der Waals surface area contributed by atoms with Gasteiger partial charge in [-0.05, 0) is 6.07 Å². The lowest BCUT2D eigenvalue weighted by atomic mass is 10.00. The van der Waals surface area contributed by atoms with Gasteiger partial charge in [0.1, 0.15) is 18.0 Å². The van der Waals surface area contributed by atoms with Crippen LogP contribution in [0, 0.1) is 27.6 Å². The minimum atomic E-state index is -1.43. The van der Waals surface area contributed by atoms with Crippen molar-refractivity contribution in [2.24, 2.45) is 0 Å². The Kier molecular flexibility index (Phi) is 3.60. The molecule has 0 aliphatic carbocycles. The molecule has 0 aliphatic rings. The molecule has 0 amide bonds. The Hall–Kier alpha value is -1.92. The second-order valence-electron chi connectivity index (χ2n) is 3.05. The predicted molar refractivity (Wildman–Crippen MR) is 47.0 cm³/mol. The molecular weight excluding hydrogens is 227 g/mol. The first-order valence-corrected chi connectivity index (χ1v) is 4.17. The quantitative estimate of drug-likeness (QED) is 0.344. The summed E-state index contributed by atoms with van der Waals surface area (Å²) in [4.78, 5) is 19.8. The first kappa shape index (κ1) is 12.2.